The highest BCUT2D eigenvalue weighted by Crippen LogP contribution is 2.34. The van der Waals surface area contributed by atoms with Crippen molar-refractivity contribution >= 4 is 17.9 Å². The molecule has 1 aliphatic carbocycles. The number of benzene rings is 3. The van der Waals surface area contributed by atoms with Crippen molar-refractivity contribution in [3.05, 3.63) is 108 Å². The lowest BCUT2D eigenvalue weighted by Crippen LogP contribution is -2.61. The van der Waals surface area contributed by atoms with Crippen molar-refractivity contribution in [2.45, 2.75) is 89.1 Å². The second-order valence-electron chi connectivity index (χ2n) is 13.2. The Hall–Kier alpha value is -4.25. The molecule has 256 valence electrons. The summed E-state index contributed by atoms with van der Waals surface area (Å²) in [6, 6.07) is 27.2. The molecule has 2 fully saturated rings. The molecule has 0 spiro atoms. The molecule has 5 rings (SSSR count). The zero-order valence-corrected chi connectivity index (χ0v) is 27.8. The first-order valence-corrected chi connectivity index (χ1v) is 17.0. The number of nitrogens with zero attached hydrogens (tertiary/aromatic N) is 1. The van der Waals surface area contributed by atoms with E-state index in [2.05, 4.69) is 16.0 Å². The smallest absolute Gasteiger partial charge is 0.408 e. The SMILES string of the molecule is CC(C)[C@@H](NC(=O)OCc1ccccc1)C(=O)N[C@@H](Cc1ccccc1)[C@H](O)CN1CCC[C@]1(OCc1ccccc1)C(=O)NC1CC1. The molecule has 4 atom stereocenters. The lowest BCUT2D eigenvalue weighted by Gasteiger charge is -2.39. The maximum atomic E-state index is 13.8. The predicted molar refractivity (Wildman–Crippen MR) is 182 cm³/mol. The summed E-state index contributed by atoms with van der Waals surface area (Å²) in [5.41, 5.74) is 1.47. The minimum atomic E-state index is -1.24. The van der Waals surface area contributed by atoms with Crippen molar-refractivity contribution in [3.8, 4) is 0 Å². The minimum Gasteiger partial charge on any atom is -0.445 e. The van der Waals surface area contributed by atoms with E-state index >= 15 is 0 Å². The molecule has 10 nitrogen and oxygen atoms in total. The number of amides is 3. The summed E-state index contributed by atoms with van der Waals surface area (Å²) in [4.78, 5) is 42.2. The second kappa shape index (κ2) is 16.7. The largest absolute Gasteiger partial charge is 0.445 e. The number of ether oxygens (including phenoxy) is 2. The van der Waals surface area contributed by atoms with Crippen molar-refractivity contribution in [2.24, 2.45) is 5.92 Å². The Bertz CT molecular complexity index is 1470. The Morgan fingerprint density at radius 1 is 0.854 bits per heavy atom. The molecule has 0 radical (unpaired) electrons. The Kier molecular flexibility index (Phi) is 12.2. The van der Waals surface area contributed by atoms with Gasteiger partial charge in [-0.1, -0.05) is 105 Å². The first-order valence-electron chi connectivity index (χ1n) is 17.0. The maximum absolute atomic E-state index is 13.8. The van der Waals surface area contributed by atoms with E-state index in [0.717, 1.165) is 36.0 Å². The molecule has 10 heteroatoms. The van der Waals surface area contributed by atoms with E-state index in [1.165, 1.54) is 0 Å². The molecule has 3 amide bonds. The maximum Gasteiger partial charge on any atom is 0.408 e. The number of aliphatic hydroxyl groups excluding tert-OH is 1. The average Bonchev–Trinajstić information content (AvgIpc) is 3.83. The van der Waals surface area contributed by atoms with Gasteiger partial charge in [0.25, 0.3) is 5.91 Å². The highest BCUT2D eigenvalue weighted by atomic mass is 16.5. The molecule has 2 aliphatic rings. The molecule has 1 aliphatic heterocycles. The molecule has 48 heavy (non-hydrogen) atoms. The van der Waals surface area contributed by atoms with Crippen LogP contribution in [0.1, 0.15) is 56.2 Å². The van der Waals surface area contributed by atoms with Crippen LogP contribution in [0.2, 0.25) is 0 Å². The van der Waals surface area contributed by atoms with Crippen molar-refractivity contribution in [2.75, 3.05) is 13.1 Å². The lowest BCUT2D eigenvalue weighted by atomic mass is 9.98. The number of carbonyl (C=O) groups excluding carboxylic acids is 3. The Labute approximate surface area is 283 Å². The van der Waals surface area contributed by atoms with Gasteiger partial charge in [-0.3, -0.25) is 14.5 Å². The summed E-state index contributed by atoms with van der Waals surface area (Å²) in [6.45, 7) is 4.66. The molecule has 1 heterocycles. The van der Waals surface area contributed by atoms with E-state index in [-0.39, 0.29) is 37.6 Å². The first kappa shape index (κ1) is 35.1. The highest BCUT2D eigenvalue weighted by molar-refractivity contribution is 5.86. The van der Waals surface area contributed by atoms with Gasteiger partial charge in [-0.15, -0.1) is 0 Å². The zero-order valence-electron chi connectivity index (χ0n) is 27.8. The fourth-order valence-electron chi connectivity index (χ4n) is 6.08. The summed E-state index contributed by atoms with van der Waals surface area (Å²) in [5.74, 6) is -0.874. The molecular weight excluding hydrogens is 608 g/mol. The van der Waals surface area contributed by atoms with Crippen LogP contribution in [0.4, 0.5) is 4.79 Å². The van der Waals surface area contributed by atoms with Crippen molar-refractivity contribution < 1.29 is 29.0 Å². The van der Waals surface area contributed by atoms with Gasteiger partial charge in [-0.05, 0) is 48.3 Å². The topological polar surface area (TPSA) is 129 Å². The summed E-state index contributed by atoms with van der Waals surface area (Å²) < 4.78 is 11.9. The second-order valence-corrected chi connectivity index (χ2v) is 13.2. The van der Waals surface area contributed by atoms with Crippen molar-refractivity contribution in [1.82, 2.24) is 20.9 Å². The van der Waals surface area contributed by atoms with Crippen LogP contribution in [-0.4, -0.2) is 71.0 Å². The van der Waals surface area contributed by atoms with E-state index in [0.29, 0.717) is 19.4 Å². The first-order chi connectivity index (χ1) is 23.2. The number of hydrogen-bond acceptors (Lipinski definition) is 7. The van der Waals surface area contributed by atoms with Crippen LogP contribution in [0.15, 0.2) is 91.0 Å². The van der Waals surface area contributed by atoms with Gasteiger partial charge >= 0.3 is 6.09 Å². The van der Waals surface area contributed by atoms with Gasteiger partial charge in [0.2, 0.25) is 11.6 Å². The van der Waals surface area contributed by atoms with E-state index in [1.54, 1.807) is 0 Å². The fraction of sp³-hybridized carbons (Fsp3) is 0.447. The van der Waals surface area contributed by atoms with Crippen LogP contribution < -0.4 is 16.0 Å². The normalized spacial score (nSPS) is 19.7. The minimum absolute atomic E-state index is 0.0761. The Balaban J connectivity index is 1.30. The fourth-order valence-corrected chi connectivity index (χ4v) is 6.08. The van der Waals surface area contributed by atoms with Crippen LogP contribution in [0.25, 0.3) is 0 Å². The predicted octanol–water partition coefficient (Wildman–Crippen LogP) is 4.31. The molecule has 1 saturated carbocycles. The summed E-state index contributed by atoms with van der Waals surface area (Å²) >= 11 is 0. The number of carbonyl (C=O) groups is 3. The van der Waals surface area contributed by atoms with Gasteiger partial charge in [0.1, 0.15) is 12.6 Å². The Morgan fingerprint density at radius 3 is 2.02 bits per heavy atom. The van der Waals surface area contributed by atoms with Crippen molar-refractivity contribution in [3.63, 3.8) is 0 Å². The van der Waals surface area contributed by atoms with Gasteiger partial charge in [0.05, 0.1) is 18.8 Å². The van der Waals surface area contributed by atoms with Crippen LogP contribution >= 0.6 is 0 Å². The van der Waals surface area contributed by atoms with Crippen molar-refractivity contribution in [1.29, 1.82) is 0 Å². The van der Waals surface area contributed by atoms with Crippen LogP contribution in [0.3, 0.4) is 0 Å². The number of aliphatic hydroxyl groups is 1. The number of nitrogens with one attached hydrogen (secondary N) is 3. The number of rotatable bonds is 16. The molecule has 0 aromatic heterocycles. The lowest BCUT2D eigenvalue weighted by molar-refractivity contribution is -0.179. The van der Waals surface area contributed by atoms with E-state index in [9.17, 15) is 19.5 Å². The highest BCUT2D eigenvalue weighted by Gasteiger charge is 2.50. The third-order valence-corrected chi connectivity index (χ3v) is 8.98. The average molecular weight is 657 g/mol. The third kappa shape index (κ3) is 9.65. The summed E-state index contributed by atoms with van der Waals surface area (Å²) in [6.07, 6.45) is 1.69. The molecular formula is C38H48N4O6. The zero-order chi connectivity index (χ0) is 33.9. The quantitative estimate of drug-likeness (QED) is 0.181. The van der Waals surface area contributed by atoms with Gasteiger partial charge in [0.15, 0.2) is 0 Å². The number of alkyl carbamates (subject to hydrolysis) is 1. The van der Waals surface area contributed by atoms with E-state index < -0.39 is 35.9 Å². The molecule has 0 bridgehead atoms. The molecule has 3 aromatic rings. The van der Waals surface area contributed by atoms with Crippen LogP contribution in [0.5, 0.6) is 0 Å². The number of hydrogen-bond donors (Lipinski definition) is 4. The summed E-state index contributed by atoms with van der Waals surface area (Å²) in [5, 5.41) is 20.7. The van der Waals surface area contributed by atoms with Gasteiger partial charge in [-0.2, -0.15) is 0 Å². The van der Waals surface area contributed by atoms with Gasteiger partial charge in [-0.25, -0.2) is 4.79 Å². The standard InChI is InChI=1S/C38H48N4O6/c1-27(2)34(41-37(46)47-25-29-15-8-4-9-16-29)35(44)40-32(23-28-13-6-3-7-14-28)33(43)24-42-22-12-21-38(42,36(45)39-31-19-20-31)48-26-30-17-10-5-11-18-30/h3-11,13-18,27,31-34,43H,12,19-26H2,1-2H3,(H,39,45)(H,40,44)(H,41,46)/t32-,33+,34+,38-/m0/s1. The third-order valence-electron chi connectivity index (χ3n) is 8.98. The molecule has 0 unspecified atom stereocenters. The van der Waals surface area contributed by atoms with E-state index in [1.807, 2.05) is 110 Å². The van der Waals surface area contributed by atoms with Crippen LogP contribution in [-0.2, 0) is 38.7 Å². The summed E-state index contributed by atoms with van der Waals surface area (Å²) in [7, 11) is 0. The molecule has 1 saturated heterocycles. The van der Waals surface area contributed by atoms with E-state index in [4.69, 9.17) is 9.47 Å². The molecule has 4 N–H and O–H groups in total. The number of likely N-dealkylation sites (tertiary alicyclic amines) is 1. The monoisotopic (exact) mass is 656 g/mol. The van der Waals surface area contributed by atoms with Gasteiger partial charge < -0.3 is 30.5 Å². The molecule has 3 aromatic carbocycles. The van der Waals surface area contributed by atoms with Crippen LogP contribution in [0, 0.1) is 5.92 Å². The van der Waals surface area contributed by atoms with Gasteiger partial charge in [0, 0.05) is 25.6 Å². The Morgan fingerprint density at radius 2 is 1.44 bits per heavy atom. The number of β-amino-alcohol motifs (C(OH)–C–C–N with tert-alkyl or cyclic N) is 1.